The van der Waals surface area contributed by atoms with E-state index in [0.29, 0.717) is 18.2 Å². The molecule has 0 aliphatic rings. The molecule has 116 valence electrons. The Hall–Kier alpha value is -2.11. The Morgan fingerprint density at radius 2 is 2.24 bits per heavy atom. The SMILES string of the molecule is C/C=C(/COc1cnc(N)nc1NCCCC)N=C(C)C. The molecule has 6 heteroatoms. The minimum absolute atomic E-state index is 0.232. The minimum atomic E-state index is 0.232. The molecule has 0 amide bonds. The second-order valence-corrected chi connectivity index (χ2v) is 4.85. The van der Waals surface area contributed by atoms with Gasteiger partial charge in [0.2, 0.25) is 5.95 Å². The molecule has 0 radical (unpaired) electrons. The number of aliphatic imine (C=N–C) groups is 1. The molecule has 0 aliphatic carbocycles. The number of anilines is 2. The second kappa shape index (κ2) is 8.94. The molecule has 0 atom stereocenters. The summed E-state index contributed by atoms with van der Waals surface area (Å²) < 4.78 is 5.76. The highest BCUT2D eigenvalue weighted by Gasteiger charge is 2.07. The summed E-state index contributed by atoms with van der Waals surface area (Å²) >= 11 is 0. The zero-order chi connectivity index (χ0) is 15.7. The molecule has 6 nitrogen and oxygen atoms in total. The van der Waals surface area contributed by atoms with E-state index in [0.717, 1.165) is 30.8 Å². The van der Waals surface area contributed by atoms with Crippen molar-refractivity contribution in [2.75, 3.05) is 24.2 Å². The molecule has 1 aromatic rings. The molecular formula is C15H25N5O. The monoisotopic (exact) mass is 291 g/mol. The summed E-state index contributed by atoms with van der Waals surface area (Å²) in [6, 6.07) is 0. The van der Waals surface area contributed by atoms with E-state index in [-0.39, 0.29) is 5.95 Å². The molecule has 0 aromatic carbocycles. The maximum absolute atomic E-state index is 5.76. The van der Waals surface area contributed by atoms with Crippen molar-refractivity contribution in [3.05, 3.63) is 18.0 Å². The molecule has 0 bridgehead atoms. The zero-order valence-corrected chi connectivity index (χ0v) is 13.3. The number of nitrogens with two attached hydrogens (primary N) is 1. The highest BCUT2D eigenvalue weighted by molar-refractivity contribution is 5.80. The van der Waals surface area contributed by atoms with Gasteiger partial charge in [-0.05, 0) is 27.2 Å². The van der Waals surface area contributed by atoms with E-state index in [4.69, 9.17) is 10.5 Å². The summed E-state index contributed by atoms with van der Waals surface area (Å²) in [5, 5.41) is 3.23. The van der Waals surface area contributed by atoms with Crippen molar-refractivity contribution in [1.29, 1.82) is 0 Å². The highest BCUT2D eigenvalue weighted by atomic mass is 16.5. The molecule has 0 saturated heterocycles. The lowest BCUT2D eigenvalue weighted by molar-refractivity contribution is 0.349. The summed E-state index contributed by atoms with van der Waals surface area (Å²) in [6.07, 6.45) is 5.68. The van der Waals surface area contributed by atoms with Crippen LogP contribution in [-0.2, 0) is 0 Å². The maximum Gasteiger partial charge on any atom is 0.222 e. The van der Waals surface area contributed by atoms with Crippen LogP contribution in [0.3, 0.4) is 0 Å². The lowest BCUT2D eigenvalue weighted by Crippen LogP contribution is -2.10. The molecular weight excluding hydrogens is 266 g/mol. The van der Waals surface area contributed by atoms with Crippen molar-refractivity contribution < 1.29 is 4.74 Å². The average molecular weight is 291 g/mol. The van der Waals surface area contributed by atoms with Gasteiger partial charge in [0.05, 0.1) is 11.9 Å². The van der Waals surface area contributed by atoms with E-state index in [1.807, 2.05) is 26.8 Å². The third-order valence-electron chi connectivity index (χ3n) is 2.67. The quantitative estimate of drug-likeness (QED) is 0.568. The van der Waals surface area contributed by atoms with Crippen molar-refractivity contribution in [2.24, 2.45) is 4.99 Å². The second-order valence-electron chi connectivity index (χ2n) is 4.85. The van der Waals surface area contributed by atoms with Gasteiger partial charge in [-0.2, -0.15) is 4.98 Å². The molecule has 3 N–H and O–H groups in total. The molecule has 0 spiro atoms. The van der Waals surface area contributed by atoms with Crippen molar-refractivity contribution in [1.82, 2.24) is 9.97 Å². The number of rotatable bonds is 8. The lowest BCUT2D eigenvalue weighted by Gasteiger charge is -2.12. The van der Waals surface area contributed by atoms with Crippen molar-refractivity contribution in [3.63, 3.8) is 0 Å². The Kier molecular flexibility index (Phi) is 7.21. The number of hydrogen-bond acceptors (Lipinski definition) is 6. The van der Waals surface area contributed by atoms with E-state index >= 15 is 0 Å². The first kappa shape index (κ1) is 16.9. The number of hydrogen-bond donors (Lipinski definition) is 2. The average Bonchev–Trinajstić information content (AvgIpc) is 2.44. The van der Waals surface area contributed by atoms with Crippen LogP contribution >= 0.6 is 0 Å². The van der Waals surface area contributed by atoms with Gasteiger partial charge >= 0.3 is 0 Å². The lowest BCUT2D eigenvalue weighted by atomic mass is 10.3. The Morgan fingerprint density at radius 3 is 2.86 bits per heavy atom. The van der Waals surface area contributed by atoms with Gasteiger partial charge in [-0.3, -0.25) is 4.99 Å². The smallest absolute Gasteiger partial charge is 0.222 e. The van der Waals surface area contributed by atoms with Crippen LogP contribution in [-0.4, -0.2) is 28.8 Å². The summed E-state index contributed by atoms with van der Waals surface area (Å²) in [5.74, 6) is 1.45. The number of ether oxygens (including phenoxy) is 1. The van der Waals surface area contributed by atoms with Crippen LogP contribution in [0, 0.1) is 0 Å². The Labute approximate surface area is 126 Å². The number of aromatic nitrogens is 2. The van der Waals surface area contributed by atoms with Gasteiger partial charge in [0.15, 0.2) is 11.6 Å². The van der Waals surface area contributed by atoms with Crippen LogP contribution < -0.4 is 15.8 Å². The van der Waals surface area contributed by atoms with Crippen LogP contribution in [0.5, 0.6) is 5.75 Å². The first-order valence-corrected chi connectivity index (χ1v) is 7.23. The molecule has 0 saturated carbocycles. The first-order valence-electron chi connectivity index (χ1n) is 7.23. The van der Waals surface area contributed by atoms with Gasteiger partial charge in [0.25, 0.3) is 0 Å². The normalized spacial score (nSPS) is 11.1. The van der Waals surface area contributed by atoms with Gasteiger partial charge in [0.1, 0.15) is 6.61 Å². The van der Waals surface area contributed by atoms with Crippen LogP contribution in [0.4, 0.5) is 11.8 Å². The predicted octanol–water partition coefficient (Wildman–Crippen LogP) is 3.03. The Balaban J connectivity index is 2.75. The molecule has 21 heavy (non-hydrogen) atoms. The predicted molar refractivity (Wildman–Crippen MR) is 87.9 cm³/mol. The van der Waals surface area contributed by atoms with Crippen LogP contribution in [0.25, 0.3) is 0 Å². The van der Waals surface area contributed by atoms with Gasteiger partial charge in [-0.25, -0.2) is 4.98 Å². The van der Waals surface area contributed by atoms with Crippen LogP contribution in [0.2, 0.25) is 0 Å². The minimum Gasteiger partial charge on any atom is -0.482 e. The van der Waals surface area contributed by atoms with E-state index in [2.05, 4.69) is 27.2 Å². The standard InChI is InChI=1S/C15H25N5O/c1-5-7-8-17-14-13(9-18-15(16)20-14)21-10-12(6-2)19-11(3)4/h6,9H,5,7-8,10H2,1-4H3,(H3,16,17,18,20)/b12-6-. The number of nitrogens with one attached hydrogen (secondary N) is 1. The van der Waals surface area contributed by atoms with E-state index in [9.17, 15) is 0 Å². The Bertz CT molecular complexity index is 507. The van der Waals surface area contributed by atoms with Crippen LogP contribution in [0.1, 0.15) is 40.5 Å². The van der Waals surface area contributed by atoms with Gasteiger partial charge in [-0.1, -0.05) is 19.4 Å². The van der Waals surface area contributed by atoms with Crippen molar-refractivity contribution >= 4 is 17.5 Å². The Morgan fingerprint density at radius 1 is 1.48 bits per heavy atom. The van der Waals surface area contributed by atoms with Gasteiger partial charge in [-0.15, -0.1) is 0 Å². The van der Waals surface area contributed by atoms with Crippen molar-refractivity contribution in [2.45, 2.75) is 40.5 Å². The summed E-state index contributed by atoms with van der Waals surface area (Å²) in [4.78, 5) is 12.6. The molecule has 0 fully saturated rings. The fourth-order valence-electron chi connectivity index (χ4n) is 1.62. The van der Waals surface area contributed by atoms with E-state index in [1.165, 1.54) is 0 Å². The summed E-state index contributed by atoms with van der Waals surface area (Å²) in [5.41, 5.74) is 7.48. The maximum atomic E-state index is 5.76. The summed E-state index contributed by atoms with van der Waals surface area (Å²) in [6.45, 7) is 9.17. The number of allylic oxidation sites excluding steroid dienone is 1. The molecule has 1 rings (SSSR count). The molecule has 1 heterocycles. The van der Waals surface area contributed by atoms with Crippen LogP contribution in [0.15, 0.2) is 23.0 Å². The third-order valence-corrected chi connectivity index (χ3v) is 2.67. The zero-order valence-electron chi connectivity index (χ0n) is 13.3. The molecule has 0 aliphatic heterocycles. The fourth-order valence-corrected chi connectivity index (χ4v) is 1.62. The van der Waals surface area contributed by atoms with Gasteiger partial charge < -0.3 is 15.8 Å². The fraction of sp³-hybridized carbons (Fsp3) is 0.533. The number of unbranched alkanes of at least 4 members (excludes halogenated alkanes) is 1. The van der Waals surface area contributed by atoms with Gasteiger partial charge in [0, 0.05) is 12.3 Å². The third kappa shape index (κ3) is 6.25. The van der Waals surface area contributed by atoms with Crippen molar-refractivity contribution in [3.8, 4) is 5.75 Å². The summed E-state index contributed by atoms with van der Waals surface area (Å²) in [7, 11) is 0. The number of nitrogens with zero attached hydrogens (tertiary/aromatic N) is 3. The van der Waals surface area contributed by atoms with E-state index in [1.54, 1.807) is 6.20 Å². The van der Waals surface area contributed by atoms with E-state index < -0.39 is 0 Å². The largest absolute Gasteiger partial charge is 0.482 e. The highest BCUT2D eigenvalue weighted by Crippen LogP contribution is 2.22. The first-order chi connectivity index (χ1) is 10.1. The molecule has 0 unspecified atom stereocenters. The number of nitrogen functional groups attached to an aromatic ring is 1. The molecule has 1 aromatic heterocycles. The topological polar surface area (TPSA) is 85.4 Å².